The van der Waals surface area contributed by atoms with E-state index in [0.717, 1.165) is 43.9 Å². The van der Waals surface area contributed by atoms with Crippen LogP contribution in [0.1, 0.15) is 35.4 Å². The Hall–Kier alpha value is -2.84. The lowest BCUT2D eigenvalue weighted by Crippen LogP contribution is -2.38. The van der Waals surface area contributed by atoms with Crippen molar-refractivity contribution >= 4 is 11.8 Å². The Morgan fingerprint density at radius 3 is 2.77 bits per heavy atom. The highest BCUT2D eigenvalue weighted by atomic mass is 16.5. The number of rotatable bonds is 11. The van der Waals surface area contributed by atoms with Gasteiger partial charge in [0, 0.05) is 45.3 Å². The summed E-state index contributed by atoms with van der Waals surface area (Å²) in [5.41, 5.74) is 0.961. The summed E-state index contributed by atoms with van der Waals surface area (Å²) >= 11 is 0. The number of furan rings is 1. The fourth-order valence-electron chi connectivity index (χ4n) is 3.43. The Bertz CT molecular complexity index is 818. The van der Waals surface area contributed by atoms with Crippen LogP contribution >= 0.6 is 0 Å². The number of nitrogens with zero attached hydrogens (tertiary/aromatic N) is 1. The standard InChI is InChI=1S/C23H31N3O5/c1-26(19-8-13-29-14-9-19)11-15-30-20-5-2-4-18(16-20)17-25-22(27)7-10-24-23(28)21-6-3-12-31-21/h2-6,12,16,19H,7-11,13-15,17H2,1H3,(H,24,28)(H,25,27). The number of nitrogens with one attached hydrogen (secondary N) is 2. The monoisotopic (exact) mass is 429 g/mol. The van der Waals surface area contributed by atoms with E-state index in [1.807, 2.05) is 24.3 Å². The molecule has 2 N–H and O–H groups in total. The van der Waals surface area contributed by atoms with Gasteiger partial charge in [0.15, 0.2) is 5.76 Å². The minimum absolute atomic E-state index is 0.135. The zero-order valence-corrected chi connectivity index (χ0v) is 18.0. The largest absolute Gasteiger partial charge is 0.492 e. The number of hydrogen-bond acceptors (Lipinski definition) is 6. The molecule has 0 bridgehead atoms. The summed E-state index contributed by atoms with van der Waals surface area (Å²) in [4.78, 5) is 26.1. The fourth-order valence-corrected chi connectivity index (χ4v) is 3.43. The van der Waals surface area contributed by atoms with Gasteiger partial charge in [-0.05, 0) is 49.7 Å². The normalized spacial score (nSPS) is 14.4. The van der Waals surface area contributed by atoms with Gasteiger partial charge < -0.3 is 24.5 Å². The van der Waals surface area contributed by atoms with Crippen LogP contribution in [0.4, 0.5) is 0 Å². The lowest BCUT2D eigenvalue weighted by molar-refractivity contribution is -0.121. The molecule has 8 heteroatoms. The summed E-state index contributed by atoms with van der Waals surface area (Å²) in [6.45, 7) is 3.79. The highest BCUT2D eigenvalue weighted by molar-refractivity contribution is 5.91. The molecule has 1 aromatic carbocycles. The molecule has 0 atom stereocenters. The number of amides is 2. The molecule has 1 aliphatic heterocycles. The van der Waals surface area contributed by atoms with Gasteiger partial charge in [-0.2, -0.15) is 0 Å². The summed E-state index contributed by atoms with van der Waals surface area (Å²) in [5.74, 6) is 0.559. The highest BCUT2D eigenvalue weighted by Gasteiger charge is 2.18. The van der Waals surface area contributed by atoms with Gasteiger partial charge in [-0.25, -0.2) is 0 Å². The third-order valence-corrected chi connectivity index (χ3v) is 5.30. The van der Waals surface area contributed by atoms with Crippen LogP contribution in [0.25, 0.3) is 0 Å². The van der Waals surface area contributed by atoms with Crippen LogP contribution in [-0.2, 0) is 16.1 Å². The molecular weight excluding hydrogens is 398 g/mol. The molecule has 3 rings (SSSR count). The zero-order chi connectivity index (χ0) is 21.9. The number of benzene rings is 1. The van der Waals surface area contributed by atoms with E-state index in [9.17, 15) is 9.59 Å². The average molecular weight is 430 g/mol. The lowest BCUT2D eigenvalue weighted by Gasteiger charge is -2.31. The van der Waals surface area contributed by atoms with Crippen molar-refractivity contribution in [2.24, 2.45) is 0 Å². The van der Waals surface area contributed by atoms with Crippen molar-refractivity contribution in [3.05, 3.63) is 54.0 Å². The summed E-state index contributed by atoms with van der Waals surface area (Å²) in [6, 6.07) is 11.5. The molecule has 2 heterocycles. The maximum Gasteiger partial charge on any atom is 0.286 e. The summed E-state index contributed by atoms with van der Waals surface area (Å²) in [5, 5.41) is 5.52. The Labute approximate surface area is 182 Å². The molecule has 0 aliphatic carbocycles. The van der Waals surface area contributed by atoms with E-state index in [0.29, 0.717) is 19.2 Å². The van der Waals surface area contributed by atoms with E-state index in [-0.39, 0.29) is 30.5 Å². The number of carbonyl (C=O) groups is 2. The Morgan fingerprint density at radius 1 is 1.16 bits per heavy atom. The molecular formula is C23H31N3O5. The van der Waals surface area contributed by atoms with Crippen molar-refractivity contribution in [3.8, 4) is 5.75 Å². The van der Waals surface area contributed by atoms with Crippen molar-refractivity contribution in [2.45, 2.75) is 31.8 Å². The summed E-state index contributed by atoms with van der Waals surface area (Å²) in [7, 11) is 2.13. The number of hydrogen-bond donors (Lipinski definition) is 2. The molecule has 0 spiro atoms. The average Bonchev–Trinajstić information content (AvgIpc) is 3.34. The van der Waals surface area contributed by atoms with Crippen LogP contribution in [0.2, 0.25) is 0 Å². The first-order valence-corrected chi connectivity index (χ1v) is 10.7. The van der Waals surface area contributed by atoms with Crippen LogP contribution in [0.3, 0.4) is 0 Å². The van der Waals surface area contributed by atoms with E-state index < -0.39 is 0 Å². The van der Waals surface area contributed by atoms with Crippen molar-refractivity contribution in [3.63, 3.8) is 0 Å². The predicted octanol–water partition coefficient (Wildman–Crippen LogP) is 2.21. The van der Waals surface area contributed by atoms with Crippen molar-refractivity contribution in [2.75, 3.05) is 40.0 Å². The molecule has 2 aromatic rings. The molecule has 168 valence electrons. The van der Waals surface area contributed by atoms with Gasteiger partial charge in [0.1, 0.15) is 12.4 Å². The van der Waals surface area contributed by atoms with E-state index >= 15 is 0 Å². The second-order valence-electron chi connectivity index (χ2n) is 7.58. The molecule has 1 aliphatic rings. The molecule has 0 unspecified atom stereocenters. The molecule has 31 heavy (non-hydrogen) atoms. The van der Waals surface area contributed by atoms with Gasteiger partial charge >= 0.3 is 0 Å². The molecule has 1 aromatic heterocycles. The fraction of sp³-hybridized carbons (Fsp3) is 0.478. The van der Waals surface area contributed by atoms with Crippen molar-refractivity contribution in [1.29, 1.82) is 0 Å². The second kappa shape index (κ2) is 12.1. The van der Waals surface area contributed by atoms with Crippen LogP contribution in [0.5, 0.6) is 5.75 Å². The quantitative estimate of drug-likeness (QED) is 0.569. The molecule has 0 radical (unpaired) electrons. The Morgan fingerprint density at radius 2 is 2.00 bits per heavy atom. The maximum absolute atomic E-state index is 12.0. The summed E-state index contributed by atoms with van der Waals surface area (Å²) in [6.07, 6.45) is 3.77. The minimum atomic E-state index is -0.329. The Kier molecular flexibility index (Phi) is 8.93. The predicted molar refractivity (Wildman–Crippen MR) is 116 cm³/mol. The summed E-state index contributed by atoms with van der Waals surface area (Å²) < 4.78 is 16.3. The first-order chi connectivity index (χ1) is 15.1. The van der Waals surface area contributed by atoms with Crippen molar-refractivity contribution < 1.29 is 23.5 Å². The van der Waals surface area contributed by atoms with E-state index in [4.69, 9.17) is 13.9 Å². The molecule has 1 fully saturated rings. The van der Waals surface area contributed by atoms with E-state index in [2.05, 4.69) is 22.6 Å². The minimum Gasteiger partial charge on any atom is -0.492 e. The van der Waals surface area contributed by atoms with Crippen LogP contribution in [-0.4, -0.2) is 62.7 Å². The number of likely N-dealkylation sites (N-methyl/N-ethyl adjacent to an activating group) is 1. The molecule has 8 nitrogen and oxygen atoms in total. The smallest absolute Gasteiger partial charge is 0.286 e. The van der Waals surface area contributed by atoms with Gasteiger partial charge in [0.05, 0.1) is 6.26 Å². The molecule has 0 saturated carbocycles. The SMILES string of the molecule is CN(CCOc1cccc(CNC(=O)CCNC(=O)c2ccco2)c1)C1CCOCC1. The number of carbonyl (C=O) groups excluding carboxylic acids is 2. The third kappa shape index (κ3) is 7.73. The van der Waals surface area contributed by atoms with Crippen LogP contribution in [0, 0.1) is 0 Å². The third-order valence-electron chi connectivity index (χ3n) is 5.30. The van der Waals surface area contributed by atoms with E-state index in [1.165, 1.54) is 6.26 Å². The van der Waals surface area contributed by atoms with Gasteiger partial charge in [0.2, 0.25) is 5.91 Å². The molecule has 2 amide bonds. The zero-order valence-electron chi connectivity index (χ0n) is 18.0. The van der Waals surface area contributed by atoms with Crippen LogP contribution < -0.4 is 15.4 Å². The van der Waals surface area contributed by atoms with Gasteiger partial charge in [-0.1, -0.05) is 12.1 Å². The van der Waals surface area contributed by atoms with Crippen LogP contribution in [0.15, 0.2) is 47.1 Å². The highest BCUT2D eigenvalue weighted by Crippen LogP contribution is 2.15. The maximum atomic E-state index is 12.0. The lowest BCUT2D eigenvalue weighted by atomic mass is 10.1. The Balaban J connectivity index is 1.33. The van der Waals surface area contributed by atoms with Gasteiger partial charge in [-0.15, -0.1) is 0 Å². The van der Waals surface area contributed by atoms with Crippen molar-refractivity contribution in [1.82, 2.24) is 15.5 Å². The number of ether oxygens (including phenoxy) is 2. The topological polar surface area (TPSA) is 93.0 Å². The first kappa shape index (κ1) is 22.8. The van der Waals surface area contributed by atoms with Gasteiger partial charge in [0.25, 0.3) is 5.91 Å². The van der Waals surface area contributed by atoms with Gasteiger partial charge in [-0.3, -0.25) is 14.5 Å². The molecule has 1 saturated heterocycles. The first-order valence-electron chi connectivity index (χ1n) is 10.7. The van der Waals surface area contributed by atoms with E-state index in [1.54, 1.807) is 12.1 Å². The second-order valence-corrected chi connectivity index (χ2v) is 7.58.